The van der Waals surface area contributed by atoms with Crippen LogP contribution in [0.3, 0.4) is 0 Å². The third kappa shape index (κ3) is 4.49. The van der Waals surface area contributed by atoms with Gasteiger partial charge in [0.15, 0.2) is 6.04 Å². The number of quaternary nitrogens is 1. The van der Waals surface area contributed by atoms with E-state index in [9.17, 15) is 18.0 Å². The fourth-order valence-corrected chi connectivity index (χ4v) is 2.11. The number of carbonyl (C=O) groups is 1. The van der Waals surface area contributed by atoms with Crippen molar-refractivity contribution in [3.63, 3.8) is 0 Å². The van der Waals surface area contributed by atoms with E-state index in [0.717, 1.165) is 0 Å². The number of hydrogen-bond donors (Lipinski definition) is 1. The first-order chi connectivity index (χ1) is 8.46. The number of Topliss-reactive ketones (excluding diaryl/α,β-unsaturated/α-hetero) is 1. The van der Waals surface area contributed by atoms with Gasteiger partial charge < -0.3 is 17.7 Å². The van der Waals surface area contributed by atoms with Crippen LogP contribution in [0.15, 0.2) is 30.3 Å². The molecule has 0 aromatic heterocycles. The number of rotatable bonds is 3. The van der Waals surface area contributed by atoms with E-state index in [-0.39, 0.29) is 31.2 Å². The molecule has 0 saturated carbocycles. The Bertz CT molecular complexity index is 425. The van der Waals surface area contributed by atoms with E-state index in [1.165, 1.54) is 0 Å². The predicted molar refractivity (Wildman–Crippen MR) is 56.9 cm³/mol. The molecule has 7 heteroatoms. The maximum atomic E-state index is 12.0. The average molecular weight is 296 g/mol. The van der Waals surface area contributed by atoms with E-state index in [2.05, 4.69) is 4.74 Å². The smallest absolute Gasteiger partial charge is 0.522 e. The van der Waals surface area contributed by atoms with Crippen LogP contribution in [-0.4, -0.2) is 30.8 Å². The van der Waals surface area contributed by atoms with Crippen molar-refractivity contribution in [1.29, 1.82) is 0 Å². The molecule has 0 aliphatic carbocycles. The minimum atomic E-state index is -4.64. The molecule has 0 amide bonds. The van der Waals surface area contributed by atoms with Gasteiger partial charge in [-0.2, -0.15) is 0 Å². The molecule has 2 atom stereocenters. The minimum absolute atomic E-state index is 0. The number of carbonyl (C=O) groups excluding carboxylic acids is 1. The van der Waals surface area contributed by atoms with E-state index in [1.54, 1.807) is 35.6 Å². The number of halogens is 4. The minimum Gasteiger partial charge on any atom is -1.00 e. The second-order valence-electron chi connectivity index (χ2n) is 4.23. The van der Waals surface area contributed by atoms with E-state index in [1.807, 2.05) is 0 Å². The number of alkyl halides is 3. The van der Waals surface area contributed by atoms with Crippen molar-refractivity contribution in [1.82, 2.24) is 0 Å². The third-order valence-electron chi connectivity index (χ3n) is 2.90. The number of ether oxygens (including phenoxy) is 1. The zero-order chi connectivity index (χ0) is 13.2. The Balaban J connectivity index is 0.00000180. The van der Waals surface area contributed by atoms with Crippen LogP contribution in [0.4, 0.5) is 13.2 Å². The van der Waals surface area contributed by atoms with Crippen molar-refractivity contribution in [2.24, 2.45) is 0 Å². The van der Waals surface area contributed by atoms with Crippen LogP contribution in [0.5, 0.6) is 0 Å². The molecule has 1 heterocycles. The first-order valence-electron chi connectivity index (χ1n) is 5.63. The van der Waals surface area contributed by atoms with E-state index < -0.39 is 18.5 Å². The molecule has 2 N–H and O–H groups in total. The van der Waals surface area contributed by atoms with Gasteiger partial charge in [-0.1, -0.05) is 30.3 Å². The Morgan fingerprint density at radius 3 is 2.47 bits per heavy atom. The van der Waals surface area contributed by atoms with Gasteiger partial charge in [0, 0.05) is 12.0 Å². The third-order valence-corrected chi connectivity index (χ3v) is 2.90. The molecule has 0 spiro atoms. The fraction of sp³-hybridized carbons (Fsp3) is 0.417. The standard InChI is InChI=1S/C12H12F3NO2.ClH/c13-12(14,15)18-9-6-10(16-7-9)11(17)8-4-2-1-3-5-8;/h1-5,9-10,16H,6-7H2;1H/t9-,10+;/m1./s1. The van der Waals surface area contributed by atoms with Gasteiger partial charge in [0.2, 0.25) is 5.78 Å². The Morgan fingerprint density at radius 1 is 1.26 bits per heavy atom. The monoisotopic (exact) mass is 295 g/mol. The van der Waals surface area contributed by atoms with Gasteiger partial charge in [-0.25, -0.2) is 0 Å². The van der Waals surface area contributed by atoms with Gasteiger partial charge in [-0.05, 0) is 0 Å². The van der Waals surface area contributed by atoms with E-state index >= 15 is 0 Å². The Kier molecular flexibility index (Phi) is 5.34. The largest absolute Gasteiger partial charge is 1.00 e. The molecule has 106 valence electrons. The highest BCUT2D eigenvalue weighted by Crippen LogP contribution is 2.22. The summed E-state index contributed by atoms with van der Waals surface area (Å²) in [7, 11) is 0. The van der Waals surface area contributed by atoms with Crippen LogP contribution in [-0.2, 0) is 4.74 Å². The normalized spacial score (nSPS) is 22.9. The molecule has 0 radical (unpaired) electrons. The van der Waals surface area contributed by atoms with Crippen molar-refractivity contribution in [2.75, 3.05) is 6.54 Å². The van der Waals surface area contributed by atoms with Gasteiger partial charge in [0.1, 0.15) is 12.6 Å². The lowest BCUT2D eigenvalue weighted by Gasteiger charge is -2.10. The maximum absolute atomic E-state index is 12.0. The lowest BCUT2D eigenvalue weighted by Crippen LogP contribution is -3.00. The topological polar surface area (TPSA) is 42.9 Å². The Hall–Kier alpha value is -1.11. The molecule has 0 unspecified atom stereocenters. The second-order valence-corrected chi connectivity index (χ2v) is 4.23. The van der Waals surface area contributed by atoms with E-state index in [4.69, 9.17) is 0 Å². The van der Waals surface area contributed by atoms with Gasteiger partial charge in [0.05, 0.1) is 0 Å². The summed E-state index contributed by atoms with van der Waals surface area (Å²) in [5.41, 5.74) is 0.520. The van der Waals surface area contributed by atoms with Crippen molar-refractivity contribution in [3.8, 4) is 0 Å². The molecular formula is C12H13ClF3NO2. The molecular weight excluding hydrogens is 283 g/mol. The van der Waals surface area contributed by atoms with Gasteiger partial charge in [-0.15, -0.1) is 13.2 Å². The summed E-state index contributed by atoms with van der Waals surface area (Å²) in [5, 5.41) is 1.60. The summed E-state index contributed by atoms with van der Waals surface area (Å²) < 4.78 is 40.0. The highest BCUT2D eigenvalue weighted by Gasteiger charge is 2.41. The summed E-state index contributed by atoms with van der Waals surface area (Å²) >= 11 is 0. The molecule has 1 aliphatic heterocycles. The van der Waals surface area contributed by atoms with Crippen LogP contribution in [0.1, 0.15) is 16.8 Å². The molecule has 19 heavy (non-hydrogen) atoms. The predicted octanol–water partition coefficient (Wildman–Crippen LogP) is -1.89. The number of hydrogen-bond acceptors (Lipinski definition) is 2. The van der Waals surface area contributed by atoms with Crippen LogP contribution in [0.25, 0.3) is 0 Å². The van der Waals surface area contributed by atoms with Crippen LogP contribution in [0, 0.1) is 0 Å². The van der Waals surface area contributed by atoms with Crippen LogP contribution in [0.2, 0.25) is 0 Å². The highest BCUT2D eigenvalue weighted by atomic mass is 35.5. The quantitative estimate of drug-likeness (QED) is 0.663. The molecule has 0 bridgehead atoms. The zero-order valence-corrected chi connectivity index (χ0v) is 10.6. The van der Waals surface area contributed by atoms with Crippen molar-refractivity contribution in [3.05, 3.63) is 35.9 Å². The molecule has 1 aliphatic rings. The summed E-state index contributed by atoms with van der Waals surface area (Å²) in [5.74, 6) is -0.149. The highest BCUT2D eigenvalue weighted by molar-refractivity contribution is 5.99. The SMILES string of the molecule is O=C(c1ccccc1)[C@@H]1C[C@@H](OC(F)(F)F)C[NH2+]1.[Cl-]. The van der Waals surface area contributed by atoms with Gasteiger partial charge in [-0.3, -0.25) is 9.53 Å². The first-order valence-corrected chi connectivity index (χ1v) is 5.63. The van der Waals surface area contributed by atoms with Gasteiger partial charge >= 0.3 is 6.36 Å². The molecule has 1 saturated heterocycles. The maximum Gasteiger partial charge on any atom is 0.522 e. The summed E-state index contributed by atoms with van der Waals surface area (Å²) in [4.78, 5) is 12.0. The molecule has 3 nitrogen and oxygen atoms in total. The Morgan fingerprint density at radius 2 is 1.89 bits per heavy atom. The number of ketones is 1. The lowest BCUT2D eigenvalue weighted by molar-refractivity contribution is -0.659. The number of benzene rings is 1. The lowest BCUT2D eigenvalue weighted by atomic mass is 10.0. The Labute approximate surface area is 114 Å². The zero-order valence-electron chi connectivity index (χ0n) is 9.86. The first kappa shape index (κ1) is 15.9. The van der Waals surface area contributed by atoms with Crippen LogP contribution < -0.4 is 17.7 Å². The molecule has 2 rings (SSSR count). The summed E-state index contributed by atoms with van der Waals surface area (Å²) in [6, 6.07) is 8.07. The van der Waals surface area contributed by atoms with E-state index in [0.29, 0.717) is 5.56 Å². The van der Waals surface area contributed by atoms with Crippen molar-refractivity contribution in [2.45, 2.75) is 24.9 Å². The fourth-order valence-electron chi connectivity index (χ4n) is 2.11. The molecule has 1 aromatic rings. The van der Waals surface area contributed by atoms with Crippen molar-refractivity contribution < 1.29 is 40.4 Å². The van der Waals surface area contributed by atoms with Crippen molar-refractivity contribution >= 4 is 5.78 Å². The average Bonchev–Trinajstić information content (AvgIpc) is 2.75. The summed E-state index contributed by atoms with van der Waals surface area (Å²) in [6.07, 6.45) is -5.49. The van der Waals surface area contributed by atoms with Crippen LogP contribution >= 0.6 is 0 Å². The molecule has 1 aromatic carbocycles. The molecule has 1 fully saturated rings. The van der Waals surface area contributed by atoms with Gasteiger partial charge in [0.25, 0.3) is 0 Å². The second kappa shape index (κ2) is 6.36. The summed E-state index contributed by atoms with van der Waals surface area (Å²) in [6.45, 7) is 0.156. The number of nitrogens with two attached hydrogens (primary N) is 1.